The van der Waals surface area contributed by atoms with Crippen LogP contribution >= 0.6 is 0 Å². The molecule has 4 heteroatoms. The molecule has 2 aliphatic carbocycles. The second kappa shape index (κ2) is 7.06. The zero-order valence-electron chi connectivity index (χ0n) is 14.4. The molecule has 0 amide bonds. The maximum atomic E-state index is 12.4. The maximum Gasteiger partial charge on any atom is 0.313 e. The van der Waals surface area contributed by atoms with Crippen LogP contribution in [0.25, 0.3) is 0 Å². The third-order valence-electron chi connectivity index (χ3n) is 6.30. The first kappa shape index (κ1) is 18.0. The molecule has 0 heterocycles. The van der Waals surface area contributed by atoms with Gasteiger partial charge in [-0.1, -0.05) is 51.2 Å². The third-order valence-corrected chi connectivity index (χ3v) is 6.30. The van der Waals surface area contributed by atoms with E-state index < -0.39 is 22.8 Å². The van der Waals surface area contributed by atoms with Crippen LogP contribution < -0.4 is 0 Å². The molecule has 1 fully saturated rings. The molecule has 1 saturated carbocycles. The van der Waals surface area contributed by atoms with Crippen LogP contribution in [0.2, 0.25) is 0 Å². The number of hydrogen-bond donors (Lipinski definition) is 2. The number of carboxylic acid groups (broad SMARTS) is 2. The second-order valence-electron chi connectivity index (χ2n) is 7.57. The predicted molar refractivity (Wildman–Crippen MR) is 89.2 cm³/mol. The molecule has 0 bridgehead atoms. The quantitative estimate of drug-likeness (QED) is 0.706. The molecule has 130 valence electrons. The number of unbranched alkanes of at least 4 members (excludes halogenated alkanes) is 1. The van der Waals surface area contributed by atoms with Gasteiger partial charge >= 0.3 is 11.9 Å². The molecule has 0 aromatic carbocycles. The normalized spacial score (nSPS) is 35.1. The monoisotopic (exact) mass is 322 g/mol. The van der Waals surface area contributed by atoms with Gasteiger partial charge in [0, 0.05) is 0 Å². The van der Waals surface area contributed by atoms with Crippen LogP contribution in [-0.2, 0) is 9.59 Å². The van der Waals surface area contributed by atoms with Gasteiger partial charge in [0.25, 0.3) is 0 Å². The zero-order valence-corrected chi connectivity index (χ0v) is 14.4. The van der Waals surface area contributed by atoms with E-state index in [4.69, 9.17) is 0 Å². The Morgan fingerprint density at radius 2 is 1.78 bits per heavy atom. The van der Waals surface area contributed by atoms with Crippen molar-refractivity contribution in [3.8, 4) is 0 Å². The molecule has 0 radical (unpaired) electrons. The van der Waals surface area contributed by atoms with Crippen molar-refractivity contribution in [3.05, 3.63) is 12.2 Å². The van der Waals surface area contributed by atoms with Crippen molar-refractivity contribution in [3.63, 3.8) is 0 Å². The largest absolute Gasteiger partial charge is 0.481 e. The first-order valence-corrected chi connectivity index (χ1v) is 9.04. The number of hydrogen-bond acceptors (Lipinski definition) is 2. The molecule has 23 heavy (non-hydrogen) atoms. The van der Waals surface area contributed by atoms with Crippen molar-refractivity contribution in [1.82, 2.24) is 0 Å². The summed E-state index contributed by atoms with van der Waals surface area (Å²) in [5.41, 5.74) is -2.00. The lowest BCUT2D eigenvalue weighted by Gasteiger charge is -2.51. The summed E-state index contributed by atoms with van der Waals surface area (Å²) in [6.07, 6.45) is 11.7. The van der Waals surface area contributed by atoms with E-state index in [-0.39, 0.29) is 11.8 Å². The molecule has 2 N–H and O–H groups in total. The van der Waals surface area contributed by atoms with Crippen LogP contribution in [0.4, 0.5) is 0 Å². The lowest BCUT2D eigenvalue weighted by molar-refractivity contribution is -0.171. The van der Waals surface area contributed by atoms with Crippen molar-refractivity contribution in [2.24, 2.45) is 22.7 Å². The third kappa shape index (κ3) is 3.05. The molecule has 0 saturated heterocycles. The van der Waals surface area contributed by atoms with Gasteiger partial charge in [-0.3, -0.25) is 9.59 Å². The highest BCUT2D eigenvalue weighted by Gasteiger charge is 2.59. The van der Waals surface area contributed by atoms with Crippen LogP contribution in [0.5, 0.6) is 0 Å². The maximum absolute atomic E-state index is 12.4. The molecular formula is C19H30O4. The standard InChI is InChI=1S/C19H30O4/c1-3-4-11-15-18(2,16(20)21)12-8-13-19(15,17(22)23)14-9-6-5-7-10-14/h8,12,14-15H,3-7,9-11,13H2,1-2H3,(H,20,21)(H,22,23). The van der Waals surface area contributed by atoms with E-state index in [0.29, 0.717) is 12.8 Å². The summed E-state index contributed by atoms with van der Waals surface area (Å²) in [4.78, 5) is 24.4. The SMILES string of the molecule is CCCCC1C(C)(C(=O)O)C=CCC1(C(=O)O)C1CCCCC1. The Bertz CT molecular complexity index is 478. The Labute approximate surface area is 139 Å². The molecule has 2 rings (SSSR count). The Hall–Kier alpha value is -1.32. The van der Waals surface area contributed by atoms with Crippen LogP contribution in [0.1, 0.15) is 71.6 Å². The van der Waals surface area contributed by atoms with Gasteiger partial charge < -0.3 is 10.2 Å². The summed E-state index contributed by atoms with van der Waals surface area (Å²) in [5, 5.41) is 20.0. The molecule has 4 nitrogen and oxygen atoms in total. The number of carbonyl (C=O) groups is 2. The highest BCUT2D eigenvalue weighted by molar-refractivity contribution is 5.82. The molecule has 0 spiro atoms. The summed E-state index contributed by atoms with van der Waals surface area (Å²) in [6, 6.07) is 0. The van der Waals surface area contributed by atoms with Gasteiger partial charge in [0.15, 0.2) is 0 Å². The summed E-state index contributed by atoms with van der Waals surface area (Å²) in [7, 11) is 0. The molecule has 3 unspecified atom stereocenters. The van der Waals surface area contributed by atoms with E-state index in [1.54, 1.807) is 13.0 Å². The molecule has 3 atom stereocenters. The Morgan fingerprint density at radius 1 is 1.13 bits per heavy atom. The Kier molecular flexibility index (Phi) is 5.53. The minimum atomic E-state index is -1.08. The number of carboxylic acids is 2. The van der Waals surface area contributed by atoms with Gasteiger partial charge in [-0.2, -0.15) is 0 Å². The van der Waals surface area contributed by atoms with Crippen molar-refractivity contribution in [1.29, 1.82) is 0 Å². The lowest BCUT2D eigenvalue weighted by Crippen LogP contribution is -2.54. The van der Waals surface area contributed by atoms with Crippen molar-refractivity contribution >= 4 is 11.9 Å². The van der Waals surface area contributed by atoms with E-state index in [2.05, 4.69) is 6.92 Å². The average molecular weight is 322 g/mol. The zero-order chi connectivity index (χ0) is 17.1. The Balaban J connectivity index is 2.50. The summed E-state index contributed by atoms with van der Waals surface area (Å²) < 4.78 is 0. The van der Waals surface area contributed by atoms with E-state index in [1.165, 1.54) is 0 Å². The van der Waals surface area contributed by atoms with Gasteiger partial charge in [-0.05, 0) is 44.4 Å². The molecule has 0 aromatic rings. The van der Waals surface area contributed by atoms with Crippen molar-refractivity contribution in [2.45, 2.75) is 71.6 Å². The summed E-state index contributed by atoms with van der Waals surface area (Å²) >= 11 is 0. The van der Waals surface area contributed by atoms with E-state index in [0.717, 1.165) is 44.9 Å². The van der Waals surface area contributed by atoms with E-state index in [1.807, 2.05) is 6.08 Å². The van der Waals surface area contributed by atoms with Gasteiger partial charge in [-0.15, -0.1) is 0 Å². The topological polar surface area (TPSA) is 74.6 Å². The first-order chi connectivity index (χ1) is 10.9. The Morgan fingerprint density at radius 3 is 2.30 bits per heavy atom. The molecule has 0 aromatic heterocycles. The molecule has 2 aliphatic rings. The van der Waals surface area contributed by atoms with Crippen molar-refractivity contribution in [2.75, 3.05) is 0 Å². The number of allylic oxidation sites excluding steroid dienone is 1. The fraction of sp³-hybridized carbons (Fsp3) is 0.789. The van der Waals surface area contributed by atoms with Gasteiger partial charge in [0.1, 0.15) is 0 Å². The van der Waals surface area contributed by atoms with Gasteiger partial charge in [0.05, 0.1) is 10.8 Å². The van der Waals surface area contributed by atoms with E-state index >= 15 is 0 Å². The van der Waals surface area contributed by atoms with E-state index in [9.17, 15) is 19.8 Å². The van der Waals surface area contributed by atoms with Gasteiger partial charge in [0.2, 0.25) is 0 Å². The summed E-state index contributed by atoms with van der Waals surface area (Å²) in [5.74, 6) is -1.92. The highest BCUT2D eigenvalue weighted by Crippen LogP contribution is 2.57. The average Bonchev–Trinajstić information content (AvgIpc) is 2.53. The summed E-state index contributed by atoms with van der Waals surface area (Å²) in [6.45, 7) is 3.78. The van der Waals surface area contributed by atoms with Gasteiger partial charge in [-0.25, -0.2) is 0 Å². The van der Waals surface area contributed by atoms with Crippen LogP contribution in [0, 0.1) is 22.7 Å². The first-order valence-electron chi connectivity index (χ1n) is 9.04. The highest BCUT2D eigenvalue weighted by atomic mass is 16.4. The minimum Gasteiger partial charge on any atom is -0.481 e. The predicted octanol–water partition coefficient (Wildman–Crippen LogP) is 4.49. The van der Waals surface area contributed by atoms with Crippen LogP contribution in [0.15, 0.2) is 12.2 Å². The van der Waals surface area contributed by atoms with Crippen molar-refractivity contribution < 1.29 is 19.8 Å². The smallest absolute Gasteiger partial charge is 0.313 e. The van der Waals surface area contributed by atoms with Crippen LogP contribution in [-0.4, -0.2) is 22.2 Å². The van der Waals surface area contributed by atoms with Crippen LogP contribution in [0.3, 0.4) is 0 Å². The lowest BCUT2D eigenvalue weighted by atomic mass is 9.50. The number of rotatable bonds is 6. The second-order valence-corrected chi connectivity index (χ2v) is 7.57. The number of aliphatic carboxylic acids is 2. The molecule has 0 aliphatic heterocycles. The minimum absolute atomic E-state index is 0.0965. The molecular weight excluding hydrogens is 292 g/mol. The fourth-order valence-corrected chi connectivity index (χ4v) is 4.96. The fourth-order valence-electron chi connectivity index (χ4n) is 4.96.